The molecular weight excluding hydrogens is 395 g/mol. The molecule has 0 aliphatic rings. The van der Waals surface area contributed by atoms with Crippen molar-refractivity contribution >= 4 is 58.1 Å². The van der Waals surface area contributed by atoms with Gasteiger partial charge in [0.05, 0.1) is 31.2 Å². The third kappa shape index (κ3) is 4.82. The van der Waals surface area contributed by atoms with Gasteiger partial charge in [-0.25, -0.2) is 4.79 Å². The number of hydrogen-bond donors (Lipinski definition) is 1. The molecule has 0 saturated carbocycles. The Bertz CT molecular complexity index is 857. The quantitative estimate of drug-likeness (QED) is 0.454. The van der Waals surface area contributed by atoms with E-state index in [-0.39, 0.29) is 32.0 Å². The van der Waals surface area contributed by atoms with Crippen molar-refractivity contribution < 1.29 is 19.2 Å². The Hall–Kier alpha value is -2.35. The van der Waals surface area contributed by atoms with Crippen LogP contribution in [0, 0.1) is 10.1 Å². The van der Waals surface area contributed by atoms with E-state index in [1.165, 1.54) is 12.1 Å². The zero-order valence-corrected chi connectivity index (χ0v) is 14.6. The lowest BCUT2D eigenvalue weighted by Gasteiger charge is -2.09. The van der Waals surface area contributed by atoms with Crippen LogP contribution in [-0.2, 0) is 9.53 Å². The summed E-state index contributed by atoms with van der Waals surface area (Å²) in [5.41, 5.74) is -0.292. The number of non-ortho nitro benzene ring substituents is 1. The number of carbonyl (C=O) groups is 2. The highest BCUT2D eigenvalue weighted by Gasteiger charge is 2.18. The second-order valence-electron chi connectivity index (χ2n) is 4.65. The molecule has 0 unspecified atom stereocenters. The fourth-order valence-corrected chi connectivity index (χ4v) is 2.32. The molecule has 0 heterocycles. The molecule has 0 bridgehead atoms. The number of ether oxygens (including phenoxy) is 1. The van der Waals surface area contributed by atoms with Crippen molar-refractivity contribution in [3.05, 3.63) is 67.1 Å². The number of rotatable bonds is 5. The van der Waals surface area contributed by atoms with Crippen LogP contribution in [0.4, 0.5) is 11.4 Å². The van der Waals surface area contributed by atoms with Gasteiger partial charge in [-0.3, -0.25) is 14.9 Å². The van der Waals surface area contributed by atoms with E-state index >= 15 is 0 Å². The van der Waals surface area contributed by atoms with Gasteiger partial charge >= 0.3 is 5.97 Å². The molecule has 2 rings (SSSR count). The predicted octanol–water partition coefficient (Wildman–Crippen LogP) is 4.35. The van der Waals surface area contributed by atoms with E-state index in [2.05, 4.69) is 5.32 Å². The molecule has 2 aromatic rings. The standard InChI is InChI=1S/C15H9Cl3N2O5/c16-10-5-4-8(20(23)24)6-9(10)15(22)25-7-13(21)19-12-3-1-2-11(17)14(12)18/h1-6H,7H2,(H,19,21). The molecule has 0 atom stereocenters. The highest BCUT2D eigenvalue weighted by molar-refractivity contribution is 6.44. The Morgan fingerprint density at radius 2 is 1.84 bits per heavy atom. The molecule has 0 saturated heterocycles. The summed E-state index contributed by atoms with van der Waals surface area (Å²) in [5, 5.41) is 13.5. The number of esters is 1. The van der Waals surface area contributed by atoms with Crippen molar-refractivity contribution in [2.24, 2.45) is 0 Å². The van der Waals surface area contributed by atoms with Crippen molar-refractivity contribution in [2.75, 3.05) is 11.9 Å². The normalized spacial score (nSPS) is 10.2. The van der Waals surface area contributed by atoms with E-state index in [4.69, 9.17) is 39.5 Å². The zero-order valence-electron chi connectivity index (χ0n) is 12.3. The van der Waals surface area contributed by atoms with Crippen LogP contribution >= 0.6 is 34.8 Å². The summed E-state index contributed by atoms with van der Waals surface area (Å²) in [6.07, 6.45) is 0. The molecule has 10 heteroatoms. The molecule has 25 heavy (non-hydrogen) atoms. The number of nitrogens with one attached hydrogen (secondary N) is 1. The molecule has 0 fully saturated rings. The third-order valence-electron chi connectivity index (χ3n) is 2.94. The summed E-state index contributed by atoms with van der Waals surface area (Å²) < 4.78 is 4.81. The van der Waals surface area contributed by atoms with Crippen molar-refractivity contribution in [3.8, 4) is 0 Å². The maximum Gasteiger partial charge on any atom is 0.340 e. The second-order valence-corrected chi connectivity index (χ2v) is 5.84. The Labute approximate surface area is 156 Å². The summed E-state index contributed by atoms with van der Waals surface area (Å²) in [6, 6.07) is 7.96. The molecule has 0 radical (unpaired) electrons. The molecule has 0 aliphatic heterocycles. The number of benzene rings is 2. The molecule has 1 amide bonds. The Kier molecular flexibility index (Phi) is 6.19. The topological polar surface area (TPSA) is 98.5 Å². The van der Waals surface area contributed by atoms with Gasteiger partial charge in [-0.05, 0) is 18.2 Å². The van der Waals surface area contributed by atoms with Gasteiger partial charge in [-0.2, -0.15) is 0 Å². The number of carbonyl (C=O) groups excluding carboxylic acids is 2. The number of nitrogens with zero attached hydrogens (tertiary/aromatic N) is 1. The molecule has 0 aliphatic carbocycles. The average Bonchev–Trinajstić information content (AvgIpc) is 2.57. The summed E-state index contributed by atoms with van der Waals surface area (Å²) in [4.78, 5) is 33.9. The Morgan fingerprint density at radius 1 is 1.12 bits per heavy atom. The maximum absolute atomic E-state index is 12.0. The van der Waals surface area contributed by atoms with Crippen molar-refractivity contribution in [1.82, 2.24) is 0 Å². The first-order chi connectivity index (χ1) is 11.8. The van der Waals surface area contributed by atoms with Gasteiger partial charge in [-0.1, -0.05) is 40.9 Å². The van der Waals surface area contributed by atoms with Gasteiger partial charge < -0.3 is 10.1 Å². The van der Waals surface area contributed by atoms with Crippen LogP contribution in [0.5, 0.6) is 0 Å². The first-order valence-electron chi connectivity index (χ1n) is 6.64. The van der Waals surface area contributed by atoms with E-state index in [0.717, 1.165) is 12.1 Å². The van der Waals surface area contributed by atoms with Crippen molar-refractivity contribution in [3.63, 3.8) is 0 Å². The largest absolute Gasteiger partial charge is 0.452 e. The minimum Gasteiger partial charge on any atom is -0.452 e. The number of hydrogen-bond acceptors (Lipinski definition) is 5. The molecule has 7 nitrogen and oxygen atoms in total. The van der Waals surface area contributed by atoms with Crippen molar-refractivity contribution in [1.29, 1.82) is 0 Å². The van der Waals surface area contributed by atoms with Crippen LogP contribution in [0.25, 0.3) is 0 Å². The summed E-state index contributed by atoms with van der Waals surface area (Å²) >= 11 is 17.6. The highest BCUT2D eigenvalue weighted by atomic mass is 35.5. The fourth-order valence-electron chi connectivity index (χ4n) is 1.78. The van der Waals surface area contributed by atoms with Gasteiger partial charge in [0.25, 0.3) is 11.6 Å². The van der Waals surface area contributed by atoms with Crippen LogP contribution in [-0.4, -0.2) is 23.4 Å². The summed E-state index contributed by atoms with van der Waals surface area (Å²) in [6.45, 7) is -0.638. The molecular formula is C15H9Cl3N2O5. The monoisotopic (exact) mass is 402 g/mol. The smallest absolute Gasteiger partial charge is 0.340 e. The molecule has 2 aromatic carbocycles. The minimum atomic E-state index is -0.971. The van der Waals surface area contributed by atoms with Gasteiger partial charge in [-0.15, -0.1) is 0 Å². The van der Waals surface area contributed by atoms with Crippen LogP contribution in [0.2, 0.25) is 15.1 Å². The first-order valence-corrected chi connectivity index (χ1v) is 7.78. The predicted molar refractivity (Wildman–Crippen MR) is 93.5 cm³/mol. The maximum atomic E-state index is 12.0. The summed E-state index contributed by atoms with van der Waals surface area (Å²) in [7, 11) is 0. The minimum absolute atomic E-state index is 0.0334. The van der Waals surface area contributed by atoms with Gasteiger partial charge in [0.2, 0.25) is 0 Å². The van der Waals surface area contributed by atoms with Gasteiger partial charge in [0, 0.05) is 12.1 Å². The Balaban J connectivity index is 2.02. The molecule has 0 aromatic heterocycles. The molecule has 130 valence electrons. The number of amides is 1. The number of nitro benzene ring substituents is 1. The zero-order chi connectivity index (χ0) is 18.6. The van der Waals surface area contributed by atoms with E-state index in [0.29, 0.717) is 0 Å². The molecule has 0 spiro atoms. The SMILES string of the molecule is O=C(COC(=O)c1cc([N+](=O)[O-])ccc1Cl)Nc1cccc(Cl)c1Cl. The second kappa shape index (κ2) is 8.15. The van der Waals surface area contributed by atoms with E-state index < -0.39 is 23.4 Å². The number of anilines is 1. The highest BCUT2D eigenvalue weighted by Crippen LogP contribution is 2.29. The van der Waals surface area contributed by atoms with Crippen LogP contribution in [0.3, 0.4) is 0 Å². The van der Waals surface area contributed by atoms with E-state index in [9.17, 15) is 19.7 Å². The van der Waals surface area contributed by atoms with Crippen molar-refractivity contribution in [2.45, 2.75) is 0 Å². The van der Waals surface area contributed by atoms with Crippen LogP contribution < -0.4 is 5.32 Å². The average molecular weight is 404 g/mol. The lowest BCUT2D eigenvalue weighted by Crippen LogP contribution is -2.21. The first kappa shape index (κ1) is 19.0. The van der Waals surface area contributed by atoms with Gasteiger partial charge in [0.15, 0.2) is 6.61 Å². The van der Waals surface area contributed by atoms with E-state index in [1.807, 2.05) is 0 Å². The fraction of sp³-hybridized carbons (Fsp3) is 0.0667. The lowest BCUT2D eigenvalue weighted by atomic mass is 10.2. The lowest BCUT2D eigenvalue weighted by molar-refractivity contribution is -0.384. The van der Waals surface area contributed by atoms with E-state index in [1.54, 1.807) is 12.1 Å². The van der Waals surface area contributed by atoms with Crippen LogP contribution in [0.1, 0.15) is 10.4 Å². The number of halogens is 3. The van der Waals surface area contributed by atoms with Gasteiger partial charge in [0.1, 0.15) is 0 Å². The number of nitro groups is 1. The molecule has 1 N–H and O–H groups in total. The summed E-state index contributed by atoms with van der Waals surface area (Å²) in [5.74, 6) is -1.64. The van der Waals surface area contributed by atoms with Crippen LogP contribution in [0.15, 0.2) is 36.4 Å². The Morgan fingerprint density at radius 3 is 2.52 bits per heavy atom. The third-order valence-corrected chi connectivity index (χ3v) is 4.09.